The third kappa shape index (κ3) is 3.24. The first-order chi connectivity index (χ1) is 9.61. The van der Waals surface area contributed by atoms with E-state index in [0.29, 0.717) is 11.2 Å². The zero-order chi connectivity index (χ0) is 14.5. The van der Waals surface area contributed by atoms with Crippen molar-refractivity contribution >= 4 is 33.4 Å². The standard InChI is InChI=1S/C13H16N4O2S/c1-3-11(18)14-8-12(19)15-16-13-17(2)9-6-4-5-7-10(9)20-13/h4-7H,3,8H2,1-2H3,(H,14,18)(H,15,19)/b16-13+. The molecule has 1 heterocycles. The summed E-state index contributed by atoms with van der Waals surface area (Å²) in [5.74, 6) is -0.503. The number of carbonyl (C=O) groups excluding carboxylic acids is 2. The number of amides is 2. The molecule has 0 aliphatic rings. The van der Waals surface area contributed by atoms with Crippen LogP contribution in [0.1, 0.15) is 13.3 Å². The van der Waals surface area contributed by atoms with Crippen LogP contribution in [0.25, 0.3) is 10.2 Å². The van der Waals surface area contributed by atoms with Crippen molar-refractivity contribution in [2.24, 2.45) is 12.1 Å². The molecule has 2 rings (SSSR count). The van der Waals surface area contributed by atoms with Gasteiger partial charge in [-0.05, 0) is 12.1 Å². The monoisotopic (exact) mass is 292 g/mol. The third-order valence-electron chi connectivity index (χ3n) is 2.76. The van der Waals surface area contributed by atoms with E-state index in [4.69, 9.17) is 0 Å². The van der Waals surface area contributed by atoms with Crippen molar-refractivity contribution in [2.75, 3.05) is 6.54 Å². The van der Waals surface area contributed by atoms with Gasteiger partial charge in [0.2, 0.25) is 10.7 Å². The molecule has 0 bridgehead atoms. The number of fused-ring (bicyclic) bond motifs is 1. The summed E-state index contributed by atoms with van der Waals surface area (Å²) in [4.78, 5) is 23.3. The molecule has 2 amide bonds. The maximum absolute atomic E-state index is 11.5. The summed E-state index contributed by atoms with van der Waals surface area (Å²) in [6.45, 7) is 1.67. The van der Waals surface area contributed by atoms with Crippen LogP contribution >= 0.6 is 11.3 Å². The first-order valence-electron chi connectivity index (χ1n) is 6.25. The van der Waals surface area contributed by atoms with Gasteiger partial charge in [-0.1, -0.05) is 30.4 Å². The lowest BCUT2D eigenvalue weighted by Crippen LogP contribution is -2.35. The van der Waals surface area contributed by atoms with Gasteiger partial charge in [0, 0.05) is 13.5 Å². The minimum absolute atomic E-state index is 0.0647. The second-order valence-electron chi connectivity index (χ2n) is 4.19. The fraction of sp³-hybridized carbons (Fsp3) is 0.308. The average Bonchev–Trinajstić information content (AvgIpc) is 2.79. The van der Waals surface area contributed by atoms with Gasteiger partial charge in [-0.15, -0.1) is 5.10 Å². The Morgan fingerprint density at radius 2 is 2.05 bits per heavy atom. The number of aryl methyl sites for hydroxylation is 1. The molecule has 7 heteroatoms. The molecule has 0 spiro atoms. The van der Waals surface area contributed by atoms with Crippen LogP contribution in [0, 0.1) is 0 Å². The molecule has 0 aliphatic heterocycles. The maximum Gasteiger partial charge on any atom is 0.259 e. The smallest absolute Gasteiger partial charge is 0.259 e. The van der Waals surface area contributed by atoms with Gasteiger partial charge in [-0.3, -0.25) is 9.59 Å². The summed E-state index contributed by atoms with van der Waals surface area (Å²) in [5, 5.41) is 6.57. The number of aromatic nitrogens is 1. The molecule has 106 valence electrons. The zero-order valence-electron chi connectivity index (χ0n) is 11.3. The van der Waals surface area contributed by atoms with E-state index < -0.39 is 0 Å². The predicted octanol–water partition coefficient (Wildman–Crippen LogP) is 0.698. The number of hydrogen-bond donors (Lipinski definition) is 2. The lowest BCUT2D eigenvalue weighted by atomic mass is 10.3. The van der Waals surface area contributed by atoms with E-state index in [1.165, 1.54) is 11.3 Å². The predicted molar refractivity (Wildman–Crippen MR) is 77.8 cm³/mol. The maximum atomic E-state index is 11.5. The highest BCUT2D eigenvalue weighted by atomic mass is 32.1. The van der Waals surface area contributed by atoms with Crippen LogP contribution in [0.3, 0.4) is 0 Å². The van der Waals surface area contributed by atoms with E-state index in [0.717, 1.165) is 10.2 Å². The Morgan fingerprint density at radius 3 is 2.75 bits per heavy atom. The Labute approximate surface area is 120 Å². The van der Waals surface area contributed by atoms with Crippen LogP contribution < -0.4 is 15.5 Å². The van der Waals surface area contributed by atoms with Gasteiger partial charge in [0.25, 0.3) is 5.91 Å². The number of para-hydroxylation sites is 1. The molecule has 0 atom stereocenters. The number of hydrogen-bond acceptors (Lipinski definition) is 4. The Balaban J connectivity index is 2.08. The number of benzene rings is 1. The van der Waals surface area contributed by atoms with E-state index in [2.05, 4.69) is 15.8 Å². The molecule has 0 unspecified atom stereocenters. The second-order valence-corrected chi connectivity index (χ2v) is 5.20. The lowest BCUT2D eigenvalue weighted by Gasteiger charge is -2.01. The topological polar surface area (TPSA) is 75.5 Å². The largest absolute Gasteiger partial charge is 0.347 e. The summed E-state index contributed by atoms with van der Waals surface area (Å²) < 4.78 is 3.01. The van der Waals surface area contributed by atoms with Gasteiger partial charge in [-0.25, -0.2) is 5.43 Å². The van der Waals surface area contributed by atoms with E-state index in [1.807, 2.05) is 35.9 Å². The van der Waals surface area contributed by atoms with Gasteiger partial charge in [0.1, 0.15) is 0 Å². The Kier molecular flexibility index (Phi) is 4.52. The Bertz CT molecular complexity index is 702. The lowest BCUT2D eigenvalue weighted by molar-refractivity contribution is -0.125. The number of nitrogens with zero attached hydrogens (tertiary/aromatic N) is 2. The molecule has 2 aromatic rings. The van der Waals surface area contributed by atoms with Crippen LogP contribution in [0.2, 0.25) is 0 Å². The second kappa shape index (κ2) is 6.33. The van der Waals surface area contributed by atoms with Crippen LogP contribution in [0.15, 0.2) is 29.4 Å². The van der Waals surface area contributed by atoms with Crippen LogP contribution in [-0.2, 0) is 16.6 Å². The van der Waals surface area contributed by atoms with Crippen molar-refractivity contribution < 1.29 is 9.59 Å². The van der Waals surface area contributed by atoms with Crippen LogP contribution in [0.4, 0.5) is 0 Å². The zero-order valence-corrected chi connectivity index (χ0v) is 12.2. The molecule has 0 saturated carbocycles. The van der Waals surface area contributed by atoms with E-state index in [-0.39, 0.29) is 18.4 Å². The van der Waals surface area contributed by atoms with Gasteiger partial charge in [0.15, 0.2) is 0 Å². The Morgan fingerprint density at radius 1 is 1.30 bits per heavy atom. The van der Waals surface area contributed by atoms with Crippen molar-refractivity contribution in [2.45, 2.75) is 13.3 Å². The number of rotatable bonds is 4. The fourth-order valence-corrected chi connectivity index (χ4v) is 2.62. The third-order valence-corrected chi connectivity index (χ3v) is 3.87. The summed E-state index contributed by atoms with van der Waals surface area (Å²) in [6.07, 6.45) is 0.357. The molecule has 1 aromatic carbocycles. The highest BCUT2D eigenvalue weighted by Gasteiger charge is 2.04. The van der Waals surface area contributed by atoms with Crippen LogP contribution in [0.5, 0.6) is 0 Å². The first-order valence-corrected chi connectivity index (χ1v) is 7.07. The highest BCUT2D eigenvalue weighted by molar-refractivity contribution is 7.16. The van der Waals surface area contributed by atoms with Crippen molar-refractivity contribution in [3.8, 4) is 0 Å². The fourth-order valence-electron chi connectivity index (χ4n) is 1.64. The molecular weight excluding hydrogens is 276 g/mol. The Hall–Kier alpha value is -2.15. The molecule has 20 heavy (non-hydrogen) atoms. The summed E-state index contributed by atoms with van der Waals surface area (Å²) >= 11 is 1.49. The van der Waals surface area contributed by atoms with Gasteiger partial charge >= 0.3 is 0 Å². The van der Waals surface area contributed by atoms with Crippen molar-refractivity contribution in [1.29, 1.82) is 0 Å². The number of carbonyl (C=O) groups is 2. The van der Waals surface area contributed by atoms with Crippen molar-refractivity contribution in [1.82, 2.24) is 15.3 Å². The van der Waals surface area contributed by atoms with Crippen LogP contribution in [-0.4, -0.2) is 22.9 Å². The summed E-state index contributed by atoms with van der Waals surface area (Å²) in [5.41, 5.74) is 3.50. The summed E-state index contributed by atoms with van der Waals surface area (Å²) in [6, 6.07) is 7.91. The quantitative estimate of drug-likeness (QED) is 0.814. The summed E-state index contributed by atoms with van der Waals surface area (Å²) in [7, 11) is 1.89. The van der Waals surface area contributed by atoms with E-state index in [9.17, 15) is 9.59 Å². The van der Waals surface area contributed by atoms with Crippen molar-refractivity contribution in [3.05, 3.63) is 29.1 Å². The first kappa shape index (κ1) is 14.3. The van der Waals surface area contributed by atoms with E-state index >= 15 is 0 Å². The molecule has 0 aliphatic carbocycles. The molecule has 0 saturated heterocycles. The molecule has 2 N–H and O–H groups in total. The molecule has 6 nitrogen and oxygen atoms in total. The SMILES string of the molecule is CCC(=O)NCC(=O)N/N=c1/sc2ccccc2n1C. The highest BCUT2D eigenvalue weighted by Crippen LogP contribution is 2.14. The van der Waals surface area contributed by atoms with Gasteiger partial charge in [0.05, 0.1) is 16.8 Å². The normalized spacial score (nSPS) is 11.6. The van der Waals surface area contributed by atoms with Gasteiger partial charge < -0.3 is 9.88 Å². The molecular formula is C13H16N4O2S. The minimum atomic E-state index is -0.343. The number of thiazole rings is 1. The minimum Gasteiger partial charge on any atom is -0.347 e. The number of nitrogens with one attached hydrogen (secondary N) is 2. The molecule has 0 fully saturated rings. The van der Waals surface area contributed by atoms with E-state index in [1.54, 1.807) is 6.92 Å². The molecule has 1 aromatic heterocycles. The van der Waals surface area contributed by atoms with Crippen molar-refractivity contribution in [3.63, 3.8) is 0 Å². The average molecular weight is 292 g/mol. The molecule has 0 radical (unpaired) electrons. The van der Waals surface area contributed by atoms with Gasteiger partial charge in [-0.2, -0.15) is 0 Å².